The summed E-state index contributed by atoms with van der Waals surface area (Å²) in [7, 11) is 1.72. The first kappa shape index (κ1) is 16.2. The molecule has 0 spiro atoms. The Labute approximate surface area is 144 Å². The number of methoxy groups -OCH3 is 1. The summed E-state index contributed by atoms with van der Waals surface area (Å²) in [5, 5.41) is 0. The van der Waals surface area contributed by atoms with Gasteiger partial charge in [0.05, 0.1) is 6.61 Å². The SMILES string of the molecule is CC=Cc1ccc(-c2ccc(-c3ccc(COC)cc3)cc2)cc1. The van der Waals surface area contributed by atoms with Gasteiger partial charge in [0.1, 0.15) is 0 Å². The van der Waals surface area contributed by atoms with Gasteiger partial charge in [0.2, 0.25) is 0 Å². The molecule has 0 heterocycles. The van der Waals surface area contributed by atoms with Crippen molar-refractivity contribution in [3.05, 3.63) is 90.0 Å². The lowest BCUT2D eigenvalue weighted by molar-refractivity contribution is 0.185. The molecule has 3 aromatic carbocycles. The zero-order valence-electron chi connectivity index (χ0n) is 14.2. The van der Waals surface area contributed by atoms with E-state index in [2.05, 4.69) is 84.9 Å². The molecule has 3 aromatic rings. The molecule has 0 radical (unpaired) electrons. The molecule has 3 rings (SSSR count). The molecule has 24 heavy (non-hydrogen) atoms. The van der Waals surface area contributed by atoms with E-state index in [1.165, 1.54) is 33.4 Å². The number of hydrogen-bond donors (Lipinski definition) is 0. The average Bonchev–Trinajstić information content (AvgIpc) is 2.64. The van der Waals surface area contributed by atoms with E-state index < -0.39 is 0 Å². The van der Waals surface area contributed by atoms with Crippen LogP contribution in [0.25, 0.3) is 28.3 Å². The molecule has 120 valence electrons. The van der Waals surface area contributed by atoms with Gasteiger partial charge < -0.3 is 4.74 Å². The second-order valence-corrected chi connectivity index (χ2v) is 5.83. The van der Waals surface area contributed by atoms with Gasteiger partial charge in [-0.25, -0.2) is 0 Å². The highest BCUT2D eigenvalue weighted by Gasteiger charge is 2.01. The third kappa shape index (κ3) is 3.81. The molecule has 1 heteroatoms. The average molecular weight is 314 g/mol. The van der Waals surface area contributed by atoms with E-state index in [0.717, 1.165) is 0 Å². The topological polar surface area (TPSA) is 9.23 Å². The van der Waals surface area contributed by atoms with Gasteiger partial charge >= 0.3 is 0 Å². The van der Waals surface area contributed by atoms with E-state index in [-0.39, 0.29) is 0 Å². The highest BCUT2D eigenvalue weighted by atomic mass is 16.5. The minimum absolute atomic E-state index is 0.655. The first-order chi connectivity index (χ1) is 11.8. The van der Waals surface area contributed by atoms with Crippen molar-refractivity contribution in [2.45, 2.75) is 13.5 Å². The van der Waals surface area contributed by atoms with Crippen molar-refractivity contribution in [3.8, 4) is 22.3 Å². The molecule has 0 aliphatic carbocycles. The number of allylic oxidation sites excluding steroid dienone is 1. The normalized spacial score (nSPS) is 11.1. The van der Waals surface area contributed by atoms with E-state index in [1.807, 2.05) is 6.92 Å². The Morgan fingerprint density at radius 1 is 0.667 bits per heavy atom. The summed E-state index contributed by atoms with van der Waals surface area (Å²) in [4.78, 5) is 0. The van der Waals surface area contributed by atoms with E-state index in [9.17, 15) is 0 Å². The molecule has 0 saturated heterocycles. The van der Waals surface area contributed by atoms with Crippen LogP contribution in [0.5, 0.6) is 0 Å². The van der Waals surface area contributed by atoms with Crippen LogP contribution in [0.2, 0.25) is 0 Å². The van der Waals surface area contributed by atoms with Gasteiger partial charge in [-0.3, -0.25) is 0 Å². The van der Waals surface area contributed by atoms with Crippen LogP contribution < -0.4 is 0 Å². The van der Waals surface area contributed by atoms with Gasteiger partial charge in [-0.15, -0.1) is 0 Å². The highest BCUT2D eigenvalue weighted by Crippen LogP contribution is 2.25. The van der Waals surface area contributed by atoms with Crippen LogP contribution in [0.15, 0.2) is 78.9 Å². The predicted octanol–water partition coefficient (Wildman–Crippen LogP) is 6.20. The fourth-order valence-corrected chi connectivity index (χ4v) is 2.79. The van der Waals surface area contributed by atoms with Crippen LogP contribution in [0.1, 0.15) is 18.1 Å². The molecule has 0 aromatic heterocycles. The van der Waals surface area contributed by atoms with Crippen LogP contribution in [0, 0.1) is 0 Å². The van der Waals surface area contributed by atoms with Gasteiger partial charge in [0, 0.05) is 7.11 Å². The lowest BCUT2D eigenvalue weighted by Crippen LogP contribution is -1.87. The van der Waals surface area contributed by atoms with E-state index in [0.29, 0.717) is 6.61 Å². The minimum Gasteiger partial charge on any atom is -0.380 e. The second kappa shape index (κ2) is 7.76. The van der Waals surface area contributed by atoms with Crippen molar-refractivity contribution < 1.29 is 4.74 Å². The monoisotopic (exact) mass is 314 g/mol. The maximum Gasteiger partial charge on any atom is 0.0713 e. The molecular formula is C23H22O. The molecular weight excluding hydrogens is 292 g/mol. The summed E-state index contributed by atoms with van der Waals surface area (Å²) in [5.74, 6) is 0. The Morgan fingerprint density at radius 2 is 1.08 bits per heavy atom. The lowest BCUT2D eigenvalue weighted by atomic mass is 9.99. The number of rotatable bonds is 5. The van der Waals surface area contributed by atoms with Gasteiger partial charge in [-0.05, 0) is 40.3 Å². The van der Waals surface area contributed by atoms with Crippen LogP contribution in [-0.4, -0.2) is 7.11 Å². The molecule has 0 amide bonds. The molecule has 0 bridgehead atoms. The molecule has 1 nitrogen and oxygen atoms in total. The molecule has 0 aliphatic rings. The van der Waals surface area contributed by atoms with Gasteiger partial charge in [0.15, 0.2) is 0 Å². The number of benzene rings is 3. The summed E-state index contributed by atoms with van der Waals surface area (Å²) in [5.41, 5.74) is 7.36. The van der Waals surface area contributed by atoms with E-state index in [1.54, 1.807) is 7.11 Å². The smallest absolute Gasteiger partial charge is 0.0713 e. The predicted molar refractivity (Wildman–Crippen MR) is 103 cm³/mol. The molecule has 0 N–H and O–H groups in total. The summed E-state index contributed by atoms with van der Waals surface area (Å²) >= 11 is 0. The van der Waals surface area contributed by atoms with Gasteiger partial charge in [-0.1, -0.05) is 84.9 Å². The standard InChI is InChI=1S/C23H22O/c1-3-4-18-5-9-20(10-6-18)22-13-15-23(16-14-22)21-11-7-19(8-12-21)17-24-2/h3-16H,17H2,1-2H3. The lowest BCUT2D eigenvalue weighted by Gasteiger charge is -2.07. The summed E-state index contributed by atoms with van der Waals surface area (Å²) in [6.07, 6.45) is 4.17. The summed E-state index contributed by atoms with van der Waals surface area (Å²) in [6.45, 7) is 2.69. The number of ether oxygens (including phenoxy) is 1. The third-order valence-corrected chi connectivity index (χ3v) is 4.09. The molecule has 0 saturated carbocycles. The van der Waals surface area contributed by atoms with Crippen LogP contribution in [0.3, 0.4) is 0 Å². The zero-order valence-corrected chi connectivity index (χ0v) is 14.2. The molecule has 0 fully saturated rings. The first-order valence-electron chi connectivity index (χ1n) is 8.21. The Bertz CT molecular complexity index is 794. The fraction of sp³-hybridized carbons (Fsp3) is 0.130. The summed E-state index contributed by atoms with van der Waals surface area (Å²) < 4.78 is 5.16. The number of hydrogen-bond acceptors (Lipinski definition) is 1. The Kier molecular flexibility index (Phi) is 5.25. The van der Waals surface area contributed by atoms with Gasteiger partial charge in [-0.2, -0.15) is 0 Å². The third-order valence-electron chi connectivity index (χ3n) is 4.09. The Balaban J connectivity index is 1.79. The maximum atomic E-state index is 5.16. The van der Waals surface area contributed by atoms with Crippen molar-refractivity contribution in [3.63, 3.8) is 0 Å². The minimum atomic E-state index is 0.655. The van der Waals surface area contributed by atoms with Gasteiger partial charge in [0.25, 0.3) is 0 Å². The highest BCUT2D eigenvalue weighted by molar-refractivity contribution is 5.71. The van der Waals surface area contributed by atoms with E-state index in [4.69, 9.17) is 4.74 Å². The maximum absolute atomic E-state index is 5.16. The molecule has 0 unspecified atom stereocenters. The van der Waals surface area contributed by atoms with Crippen molar-refractivity contribution in [1.82, 2.24) is 0 Å². The van der Waals surface area contributed by atoms with Crippen LogP contribution in [0.4, 0.5) is 0 Å². The molecule has 0 atom stereocenters. The van der Waals surface area contributed by atoms with E-state index >= 15 is 0 Å². The van der Waals surface area contributed by atoms with Crippen LogP contribution >= 0.6 is 0 Å². The largest absolute Gasteiger partial charge is 0.380 e. The second-order valence-electron chi connectivity index (χ2n) is 5.83. The van der Waals surface area contributed by atoms with Crippen molar-refractivity contribution in [1.29, 1.82) is 0 Å². The summed E-state index contributed by atoms with van der Waals surface area (Å²) in [6, 6.07) is 25.9. The Hall–Kier alpha value is -2.64. The molecule has 0 aliphatic heterocycles. The van der Waals surface area contributed by atoms with Crippen molar-refractivity contribution >= 4 is 6.08 Å². The van der Waals surface area contributed by atoms with Crippen molar-refractivity contribution in [2.24, 2.45) is 0 Å². The van der Waals surface area contributed by atoms with Crippen LogP contribution in [-0.2, 0) is 11.3 Å². The quantitative estimate of drug-likeness (QED) is 0.545. The zero-order chi connectivity index (χ0) is 16.8. The first-order valence-corrected chi connectivity index (χ1v) is 8.21. The van der Waals surface area contributed by atoms with Crippen molar-refractivity contribution in [2.75, 3.05) is 7.11 Å². The fourth-order valence-electron chi connectivity index (χ4n) is 2.79. The Morgan fingerprint density at radius 3 is 1.50 bits per heavy atom.